The van der Waals surface area contributed by atoms with Crippen LogP contribution in [-0.4, -0.2) is 6.18 Å². The van der Waals surface area contributed by atoms with Gasteiger partial charge in [-0.05, 0) is 12.1 Å². The molecule has 0 spiro atoms. The molecule has 0 aliphatic carbocycles. The van der Waals surface area contributed by atoms with Gasteiger partial charge in [-0.3, -0.25) is 0 Å². The summed E-state index contributed by atoms with van der Waals surface area (Å²) in [5, 5.41) is 0. The molecule has 1 rings (SSSR count). The highest BCUT2D eigenvalue weighted by Crippen LogP contribution is 2.32. The highest BCUT2D eigenvalue weighted by Gasteiger charge is 2.39. The molecule has 0 fully saturated rings. The molecule has 0 bridgehead atoms. The molecule has 0 heterocycles. The quantitative estimate of drug-likeness (QED) is 0.781. The summed E-state index contributed by atoms with van der Waals surface area (Å²) in [5.41, 5.74) is 4.29. The van der Waals surface area contributed by atoms with E-state index < -0.39 is 23.6 Å². The van der Waals surface area contributed by atoms with Crippen LogP contribution < -0.4 is 5.73 Å². The minimum absolute atomic E-state index is 0.369. The number of hydrogen-bond acceptors (Lipinski definition) is 1. The Morgan fingerprint density at radius 2 is 1.86 bits per heavy atom. The SMILES string of the molecule is N[C@H](c1ccc(Br)cc1F)C(F)(F)F. The second-order valence-corrected chi connectivity index (χ2v) is 3.60. The van der Waals surface area contributed by atoms with Crippen LogP contribution in [-0.2, 0) is 0 Å². The molecule has 0 aliphatic rings. The van der Waals surface area contributed by atoms with Crippen LogP contribution >= 0.6 is 15.9 Å². The van der Waals surface area contributed by atoms with E-state index in [1.165, 1.54) is 6.07 Å². The topological polar surface area (TPSA) is 26.0 Å². The Bertz CT molecular complexity index is 337. The average Bonchev–Trinajstić information content (AvgIpc) is 2.01. The fraction of sp³-hybridized carbons (Fsp3) is 0.250. The van der Waals surface area contributed by atoms with E-state index in [0.29, 0.717) is 4.47 Å². The lowest BCUT2D eigenvalue weighted by Crippen LogP contribution is -2.29. The molecule has 78 valence electrons. The van der Waals surface area contributed by atoms with Crippen molar-refractivity contribution in [3.8, 4) is 0 Å². The Balaban J connectivity index is 3.08. The molecule has 0 aliphatic heterocycles. The van der Waals surface area contributed by atoms with Crippen molar-refractivity contribution in [2.75, 3.05) is 0 Å². The van der Waals surface area contributed by atoms with Gasteiger partial charge < -0.3 is 5.73 Å². The normalized spacial score (nSPS) is 14.1. The largest absolute Gasteiger partial charge is 0.407 e. The van der Waals surface area contributed by atoms with E-state index >= 15 is 0 Å². The van der Waals surface area contributed by atoms with Gasteiger partial charge in [0, 0.05) is 10.0 Å². The summed E-state index contributed by atoms with van der Waals surface area (Å²) in [5.74, 6) is -0.968. The maximum atomic E-state index is 13.0. The van der Waals surface area contributed by atoms with Crippen LogP contribution in [0.25, 0.3) is 0 Å². The van der Waals surface area contributed by atoms with Gasteiger partial charge in [-0.25, -0.2) is 4.39 Å². The third-order valence-corrected chi connectivity index (χ3v) is 2.14. The lowest BCUT2D eigenvalue weighted by molar-refractivity contribution is -0.149. The van der Waals surface area contributed by atoms with E-state index in [4.69, 9.17) is 5.73 Å². The van der Waals surface area contributed by atoms with E-state index in [9.17, 15) is 17.6 Å². The fourth-order valence-electron chi connectivity index (χ4n) is 0.930. The predicted molar refractivity (Wildman–Crippen MR) is 47.1 cm³/mol. The zero-order valence-electron chi connectivity index (χ0n) is 6.78. The highest BCUT2D eigenvalue weighted by atomic mass is 79.9. The van der Waals surface area contributed by atoms with Crippen LogP contribution in [0.3, 0.4) is 0 Å². The lowest BCUT2D eigenvalue weighted by Gasteiger charge is -2.16. The monoisotopic (exact) mass is 271 g/mol. The average molecular weight is 272 g/mol. The minimum atomic E-state index is -4.63. The maximum absolute atomic E-state index is 13.0. The standard InChI is InChI=1S/C8H6BrF4N/c9-4-1-2-5(6(10)3-4)7(14)8(11,12)13/h1-3,7H,14H2/t7-/m1/s1. The molecule has 0 saturated carbocycles. The third-order valence-electron chi connectivity index (χ3n) is 1.65. The Morgan fingerprint density at radius 1 is 1.29 bits per heavy atom. The number of nitrogens with two attached hydrogens (primary N) is 1. The van der Waals surface area contributed by atoms with Crippen LogP contribution in [0.15, 0.2) is 22.7 Å². The Morgan fingerprint density at radius 3 is 2.29 bits per heavy atom. The molecule has 6 heteroatoms. The van der Waals surface area contributed by atoms with Crippen LogP contribution in [0, 0.1) is 5.82 Å². The first-order chi connectivity index (χ1) is 6.32. The first-order valence-electron chi connectivity index (χ1n) is 3.59. The van der Waals surface area contributed by atoms with Gasteiger partial charge in [0.15, 0.2) is 0 Å². The summed E-state index contributed by atoms with van der Waals surface area (Å²) < 4.78 is 49.7. The summed E-state index contributed by atoms with van der Waals surface area (Å²) in [6.45, 7) is 0. The molecular formula is C8H6BrF4N. The lowest BCUT2D eigenvalue weighted by atomic mass is 10.1. The Kier molecular flexibility index (Phi) is 3.16. The molecule has 0 saturated heterocycles. The summed E-state index contributed by atoms with van der Waals surface area (Å²) in [6.07, 6.45) is -4.63. The van der Waals surface area contributed by atoms with Crippen molar-refractivity contribution in [2.24, 2.45) is 5.73 Å². The summed E-state index contributed by atoms with van der Waals surface area (Å²) in [6, 6.07) is 0.985. The second-order valence-electron chi connectivity index (χ2n) is 2.69. The molecular weight excluding hydrogens is 266 g/mol. The minimum Gasteiger partial charge on any atom is -0.316 e. The number of alkyl halides is 3. The van der Waals surface area contributed by atoms with Gasteiger partial charge in [-0.1, -0.05) is 22.0 Å². The molecule has 0 unspecified atom stereocenters. The van der Waals surface area contributed by atoms with Crippen molar-refractivity contribution in [3.05, 3.63) is 34.1 Å². The van der Waals surface area contributed by atoms with Gasteiger partial charge in [-0.15, -0.1) is 0 Å². The molecule has 1 atom stereocenters. The first-order valence-corrected chi connectivity index (χ1v) is 4.39. The van der Waals surface area contributed by atoms with Crippen molar-refractivity contribution in [3.63, 3.8) is 0 Å². The van der Waals surface area contributed by atoms with Crippen molar-refractivity contribution in [2.45, 2.75) is 12.2 Å². The zero-order chi connectivity index (χ0) is 10.9. The highest BCUT2D eigenvalue weighted by molar-refractivity contribution is 9.10. The number of rotatable bonds is 1. The molecule has 1 nitrogen and oxygen atoms in total. The smallest absolute Gasteiger partial charge is 0.316 e. The number of halogens is 5. The zero-order valence-corrected chi connectivity index (χ0v) is 8.36. The van der Waals surface area contributed by atoms with Crippen LogP contribution in [0.5, 0.6) is 0 Å². The Hall–Kier alpha value is -0.620. The molecule has 1 aromatic rings. The van der Waals surface area contributed by atoms with Crippen molar-refractivity contribution in [1.29, 1.82) is 0 Å². The van der Waals surface area contributed by atoms with Gasteiger partial charge >= 0.3 is 6.18 Å². The van der Waals surface area contributed by atoms with Gasteiger partial charge in [0.25, 0.3) is 0 Å². The third kappa shape index (κ3) is 2.45. The van der Waals surface area contributed by atoms with E-state index in [1.807, 2.05) is 0 Å². The van der Waals surface area contributed by atoms with Crippen molar-refractivity contribution < 1.29 is 17.6 Å². The van der Waals surface area contributed by atoms with Gasteiger partial charge in [0.1, 0.15) is 11.9 Å². The van der Waals surface area contributed by atoms with Crippen LogP contribution in [0.1, 0.15) is 11.6 Å². The summed E-state index contributed by atoms with van der Waals surface area (Å²) in [7, 11) is 0. The van der Waals surface area contributed by atoms with Crippen molar-refractivity contribution >= 4 is 15.9 Å². The van der Waals surface area contributed by atoms with Crippen LogP contribution in [0.2, 0.25) is 0 Å². The summed E-state index contributed by atoms with van der Waals surface area (Å²) in [4.78, 5) is 0. The van der Waals surface area contributed by atoms with Gasteiger partial charge in [-0.2, -0.15) is 13.2 Å². The first kappa shape index (κ1) is 11.5. The Labute approximate surface area is 86.0 Å². The van der Waals surface area contributed by atoms with E-state index in [2.05, 4.69) is 15.9 Å². The fourth-order valence-corrected chi connectivity index (χ4v) is 1.26. The molecule has 14 heavy (non-hydrogen) atoms. The molecule has 0 aromatic heterocycles. The van der Waals surface area contributed by atoms with Crippen molar-refractivity contribution in [1.82, 2.24) is 0 Å². The van der Waals surface area contributed by atoms with E-state index in [-0.39, 0.29) is 0 Å². The molecule has 0 amide bonds. The van der Waals surface area contributed by atoms with E-state index in [1.54, 1.807) is 0 Å². The maximum Gasteiger partial charge on any atom is 0.407 e. The predicted octanol–water partition coefficient (Wildman–Crippen LogP) is 3.15. The molecule has 2 N–H and O–H groups in total. The number of hydrogen-bond donors (Lipinski definition) is 1. The van der Waals surface area contributed by atoms with Crippen LogP contribution in [0.4, 0.5) is 17.6 Å². The van der Waals surface area contributed by atoms with Gasteiger partial charge in [0.05, 0.1) is 0 Å². The molecule has 1 aromatic carbocycles. The number of benzene rings is 1. The second kappa shape index (κ2) is 3.86. The summed E-state index contributed by atoms with van der Waals surface area (Å²) >= 11 is 2.93. The van der Waals surface area contributed by atoms with E-state index in [0.717, 1.165) is 12.1 Å². The molecule has 0 radical (unpaired) electrons. The van der Waals surface area contributed by atoms with Gasteiger partial charge in [0.2, 0.25) is 0 Å².